The van der Waals surface area contributed by atoms with E-state index in [1.165, 1.54) is 6.42 Å². The van der Waals surface area contributed by atoms with Crippen LogP contribution in [0.5, 0.6) is 5.75 Å². The molecule has 0 aliphatic heterocycles. The first-order valence-electron chi connectivity index (χ1n) is 6.64. The van der Waals surface area contributed by atoms with Gasteiger partial charge in [0, 0.05) is 17.5 Å². The smallest absolute Gasteiger partial charge is 0.125 e. The lowest BCUT2D eigenvalue weighted by Gasteiger charge is -2.17. The summed E-state index contributed by atoms with van der Waals surface area (Å²) in [5, 5.41) is 4.18. The molecule has 0 aromatic heterocycles. The Morgan fingerprint density at radius 3 is 2.44 bits per heavy atom. The summed E-state index contributed by atoms with van der Waals surface area (Å²) in [6.07, 6.45) is 1.17. The standard InChI is InChI=1S/C15H24ClNO/c1-5-6-17-9-11(2)10-18-15-12(3)7-14(16)8-13(15)4/h7-8,11,17H,5-6,9-10H2,1-4H3. The molecule has 0 aliphatic carbocycles. The van der Waals surface area contributed by atoms with Gasteiger partial charge in [0.1, 0.15) is 5.75 Å². The van der Waals surface area contributed by atoms with E-state index in [4.69, 9.17) is 16.3 Å². The number of halogens is 1. The Morgan fingerprint density at radius 1 is 1.28 bits per heavy atom. The molecule has 0 radical (unpaired) electrons. The molecule has 102 valence electrons. The summed E-state index contributed by atoms with van der Waals surface area (Å²) < 4.78 is 5.92. The molecular weight excluding hydrogens is 246 g/mol. The molecule has 0 bridgehead atoms. The third-order valence-corrected chi connectivity index (χ3v) is 3.08. The fourth-order valence-corrected chi connectivity index (χ4v) is 2.26. The third-order valence-electron chi connectivity index (χ3n) is 2.86. The molecule has 0 spiro atoms. The van der Waals surface area contributed by atoms with E-state index in [1.807, 2.05) is 26.0 Å². The Hall–Kier alpha value is -0.730. The number of benzene rings is 1. The second kappa shape index (κ2) is 7.65. The van der Waals surface area contributed by atoms with Gasteiger partial charge in [-0.25, -0.2) is 0 Å². The van der Waals surface area contributed by atoms with E-state index >= 15 is 0 Å². The molecule has 1 aromatic carbocycles. The number of aryl methyl sites for hydroxylation is 2. The van der Waals surface area contributed by atoms with Crippen molar-refractivity contribution in [1.82, 2.24) is 5.32 Å². The average molecular weight is 270 g/mol. The van der Waals surface area contributed by atoms with Crippen LogP contribution < -0.4 is 10.1 Å². The van der Waals surface area contributed by atoms with Crippen LogP contribution in [0, 0.1) is 19.8 Å². The summed E-state index contributed by atoms with van der Waals surface area (Å²) in [4.78, 5) is 0. The minimum Gasteiger partial charge on any atom is -0.493 e. The predicted molar refractivity (Wildman–Crippen MR) is 78.7 cm³/mol. The summed E-state index contributed by atoms with van der Waals surface area (Å²) in [5.74, 6) is 1.48. The van der Waals surface area contributed by atoms with E-state index < -0.39 is 0 Å². The average Bonchev–Trinajstić information content (AvgIpc) is 2.27. The summed E-state index contributed by atoms with van der Waals surface area (Å²) in [6, 6.07) is 3.90. The third kappa shape index (κ3) is 4.87. The van der Waals surface area contributed by atoms with Crippen LogP contribution in [0.3, 0.4) is 0 Å². The molecule has 1 atom stereocenters. The van der Waals surface area contributed by atoms with Gasteiger partial charge in [0.05, 0.1) is 6.61 Å². The second-order valence-corrected chi connectivity index (χ2v) is 5.43. The van der Waals surface area contributed by atoms with Crippen molar-refractivity contribution in [2.24, 2.45) is 5.92 Å². The highest BCUT2D eigenvalue weighted by atomic mass is 35.5. The molecule has 0 saturated heterocycles. The minimum atomic E-state index is 0.506. The number of ether oxygens (including phenoxy) is 1. The Balaban J connectivity index is 2.48. The monoisotopic (exact) mass is 269 g/mol. The van der Waals surface area contributed by atoms with Gasteiger partial charge in [-0.05, 0) is 50.1 Å². The first-order chi connectivity index (χ1) is 8.54. The van der Waals surface area contributed by atoms with Crippen molar-refractivity contribution in [2.45, 2.75) is 34.1 Å². The van der Waals surface area contributed by atoms with E-state index in [2.05, 4.69) is 19.2 Å². The summed E-state index contributed by atoms with van der Waals surface area (Å²) in [5.41, 5.74) is 2.21. The number of hydrogen-bond donors (Lipinski definition) is 1. The Morgan fingerprint density at radius 2 is 1.89 bits per heavy atom. The largest absolute Gasteiger partial charge is 0.493 e. The van der Waals surface area contributed by atoms with E-state index in [1.54, 1.807) is 0 Å². The molecule has 1 N–H and O–H groups in total. The zero-order valence-electron chi connectivity index (χ0n) is 11.8. The SMILES string of the molecule is CCCNCC(C)COc1c(C)cc(Cl)cc1C. The maximum absolute atomic E-state index is 6.00. The fourth-order valence-electron chi connectivity index (χ4n) is 1.93. The van der Waals surface area contributed by atoms with Crippen LogP contribution in [0.15, 0.2) is 12.1 Å². The molecule has 0 saturated carbocycles. The van der Waals surface area contributed by atoms with Crippen LogP contribution in [-0.4, -0.2) is 19.7 Å². The van der Waals surface area contributed by atoms with E-state index in [-0.39, 0.29) is 0 Å². The molecule has 2 nitrogen and oxygen atoms in total. The van der Waals surface area contributed by atoms with Crippen molar-refractivity contribution >= 4 is 11.6 Å². The zero-order chi connectivity index (χ0) is 13.5. The van der Waals surface area contributed by atoms with Crippen molar-refractivity contribution in [2.75, 3.05) is 19.7 Å². The Bertz CT molecular complexity index is 356. The highest BCUT2D eigenvalue weighted by Crippen LogP contribution is 2.27. The van der Waals surface area contributed by atoms with Crippen LogP contribution in [0.2, 0.25) is 5.02 Å². The molecular formula is C15H24ClNO. The normalized spacial score (nSPS) is 12.5. The Kier molecular flexibility index (Phi) is 6.51. The molecule has 1 unspecified atom stereocenters. The van der Waals surface area contributed by atoms with Gasteiger partial charge in [0.2, 0.25) is 0 Å². The summed E-state index contributed by atoms with van der Waals surface area (Å²) >= 11 is 6.00. The van der Waals surface area contributed by atoms with E-state index in [9.17, 15) is 0 Å². The minimum absolute atomic E-state index is 0.506. The molecule has 3 heteroatoms. The number of hydrogen-bond acceptors (Lipinski definition) is 2. The van der Waals surface area contributed by atoms with Gasteiger partial charge < -0.3 is 10.1 Å². The summed E-state index contributed by atoms with van der Waals surface area (Å²) in [6.45, 7) is 11.3. The van der Waals surface area contributed by atoms with E-state index in [0.29, 0.717) is 5.92 Å². The van der Waals surface area contributed by atoms with Crippen LogP contribution in [0.4, 0.5) is 0 Å². The van der Waals surface area contributed by atoms with Crippen LogP contribution in [0.25, 0.3) is 0 Å². The number of nitrogens with one attached hydrogen (secondary N) is 1. The van der Waals surface area contributed by atoms with Crippen molar-refractivity contribution in [3.8, 4) is 5.75 Å². The van der Waals surface area contributed by atoms with Crippen LogP contribution in [0.1, 0.15) is 31.4 Å². The van der Waals surface area contributed by atoms with Gasteiger partial charge in [-0.1, -0.05) is 25.4 Å². The summed E-state index contributed by atoms with van der Waals surface area (Å²) in [7, 11) is 0. The Labute approximate surface area is 116 Å². The molecule has 0 fully saturated rings. The van der Waals surface area contributed by atoms with Crippen LogP contribution in [-0.2, 0) is 0 Å². The van der Waals surface area contributed by atoms with Crippen LogP contribution >= 0.6 is 11.6 Å². The topological polar surface area (TPSA) is 21.3 Å². The zero-order valence-corrected chi connectivity index (χ0v) is 12.6. The lowest BCUT2D eigenvalue weighted by molar-refractivity contribution is 0.253. The fraction of sp³-hybridized carbons (Fsp3) is 0.600. The first-order valence-corrected chi connectivity index (χ1v) is 7.02. The maximum Gasteiger partial charge on any atom is 0.125 e. The molecule has 0 aliphatic rings. The van der Waals surface area contributed by atoms with Gasteiger partial charge in [-0.15, -0.1) is 0 Å². The predicted octanol–water partition coefficient (Wildman–Crippen LogP) is 3.97. The highest BCUT2D eigenvalue weighted by molar-refractivity contribution is 6.30. The quantitative estimate of drug-likeness (QED) is 0.757. The lowest BCUT2D eigenvalue weighted by Crippen LogP contribution is -2.25. The maximum atomic E-state index is 6.00. The highest BCUT2D eigenvalue weighted by Gasteiger charge is 2.08. The van der Waals surface area contributed by atoms with Gasteiger partial charge in [-0.3, -0.25) is 0 Å². The molecule has 0 amide bonds. The molecule has 1 rings (SSSR count). The number of rotatable bonds is 7. The molecule has 1 aromatic rings. The molecule has 18 heavy (non-hydrogen) atoms. The van der Waals surface area contributed by atoms with Gasteiger partial charge in [-0.2, -0.15) is 0 Å². The second-order valence-electron chi connectivity index (χ2n) is 4.99. The van der Waals surface area contributed by atoms with E-state index in [0.717, 1.165) is 41.6 Å². The van der Waals surface area contributed by atoms with Crippen molar-refractivity contribution in [3.63, 3.8) is 0 Å². The van der Waals surface area contributed by atoms with Crippen molar-refractivity contribution in [1.29, 1.82) is 0 Å². The van der Waals surface area contributed by atoms with Gasteiger partial charge in [0.25, 0.3) is 0 Å². The van der Waals surface area contributed by atoms with Crippen molar-refractivity contribution < 1.29 is 4.74 Å². The van der Waals surface area contributed by atoms with Gasteiger partial charge >= 0.3 is 0 Å². The van der Waals surface area contributed by atoms with Crippen molar-refractivity contribution in [3.05, 3.63) is 28.3 Å². The molecule has 0 heterocycles. The van der Waals surface area contributed by atoms with Gasteiger partial charge in [0.15, 0.2) is 0 Å². The lowest BCUT2D eigenvalue weighted by atomic mass is 10.1. The first kappa shape index (κ1) is 15.3.